The van der Waals surface area contributed by atoms with E-state index in [1.54, 1.807) is 12.1 Å². The molecule has 3 rings (SSSR count). The molecule has 1 aliphatic carbocycles. The van der Waals surface area contributed by atoms with E-state index < -0.39 is 18.0 Å². The predicted octanol–water partition coefficient (Wildman–Crippen LogP) is 8.98. The molecule has 0 spiro atoms. The number of aryl methyl sites for hydroxylation is 1. The lowest BCUT2D eigenvalue weighted by molar-refractivity contribution is -0.157. The molecule has 0 N–H and O–H groups in total. The normalized spacial score (nSPS) is 17.9. The maximum Gasteiger partial charge on any atom is 0.340 e. The van der Waals surface area contributed by atoms with E-state index in [9.17, 15) is 13.6 Å². The van der Waals surface area contributed by atoms with Crippen molar-refractivity contribution < 1.29 is 23.0 Å². The van der Waals surface area contributed by atoms with Gasteiger partial charge in [-0.2, -0.15) is 0 Å². The van der Waals surface area contributed by atoms with E-state index >= 15 is 0 Å². The maximum atomic E-state index is 14.8. The number of aromatic nitrogens is 2. The van der Waals surface area contributed by atoms with Crippen LogP contribution >= 0.6 is 0 Å². The molecule has 7 heteroatoms. The van der Waals surface area contributed by atoms with Crippen molar-refractivity contribution in [2.24, 2.45) is 5.92 Å². The summed E-state index contributed by atoms with van der Waals surface area (Å²) in [7, 11) is 0. The molecular weight excluding hydrogens is 510 g/mol. The van der Waals surface area contributed by atoms with Gasteiger partial charge in [-0.15, -0.1) is 0 Å². The molecule has 5 nitrogen and oxygen atoms in total. The molecule has 40 heavy (non-hydrogen) atoms. The Morgan fingerprint density at radius 2 is 1.57 bits per heavy atom. The predicted molar refractivity (Wildman–Crippen MR) is 155 cm³/mol. The molecule has 222 valence electrons. The smallest absolute Gasteiger partial charge is 0.340 e. The van der Waals surface area contributed by atoms with Crippen molar-refractivity contribution in [3.63, 3.8) is 0 Å². The Morgan fingerprint density at radius 3 is 2.23 bits per heavy atom. The van der Waals surface area contributed by atoms with E-state index in [4.69, 9.17) is 9.47 Å². The number of unbranched alkanes of at least 4 members (excludes halogenated alkanes) is 8. The Hall–Kier alpha value is -2.57. The molecule has 1 saturated carbocycles. The van der Waals surface area contributed by atoms with E-state index in [0.717, 1.165) is 37.7 Å². The number of hydrogen-bond donors (Lipinski definition) is 0. The molecule has 0 aliphatic heterocycles. The number of esters is 1. The summed E-state index contributed by atoms with van der Waals surface area (Å²) in [6, 6.07) is 4.84. The van der Waals surface area contributed by atoms with Crippen LogP contribution < -0.4 is 4.74 Å². The van der Waals surface area contributed by atoms with Gasteiger partial charge < -0.3 is 9.47 Å². The zero-order valence-electron chi connectivity index (χ0n) is 24.5. The van der Waals surface area contributed by atoms with Gasteiger partial charge in [0.2, 0.25) is 0 Å². The Kier molecular flexibility index (Phi) is 14.4. The van der Waals surface area contributed by atoms with E-state index in [1.807, 2.05) is 19.3 Å². The lowest BCUT2D eigenvalue weighted by Crippen LogP contribution is -2.30. The Morgan fingerprint density at radius 1 is 0.925 bits per heavy atom. The highest BCUT2D eigenvalue weighted by molar-refractivity contribution is 5.74. The van der Waals surface area contributed by atoms with Crippen molar-refractivity contribution in [1.29, 1.82) is 0 Å². The number of nitrogens with zero attached hydrogens (tertiary/aromatic N) is 2. The summed E-state index contributed by atoms with van der Waals surface area (Å²) in [5.74, 6) is -0.222. The van der Waals surface area contributed by atoms with Gasteiger partial charge in [0.1, 0.15) is 6.10 Å². The summed E-state index contributed by atoms with van der Waals surface area (Å²) in [5.41, 5.74) is 1.73. The van der Waals surface area contributed by atoms with Crippen molar-refractivity contribution >= 4 is 5.97 Å². The number of carbonyl (C=O) groups excluding carboxylic acids is 1. The Labute approximate surface area is 239 Å². The van der Waals surface area contributed by atoms with Gasteiger partial charge in [-0.1, -0.05) is 71.6 Å². The average Bonchev–Trinajstić information content (AvgIpc) is 2.97. The molecule has 1 aromatic carbocycles. The molecule has 1 heterocycles. The van der Waals surface area contributed by atoms with Crippen LogP contribution in [0.5, 0.6) is 5.75 Å². The van der Waals surface area contributed by atoms with Crippen molar-refractivity contribution in [3.8, 4) is 17.1 Å². The topological polar surface area (TPSA) is 61.3 Å². The van der Waals surface area contributed by atoms with Crippen molar-refractivity contribution in [2.75, 3.05) is 6.61 Å². The van der Waals surface area contributed by atoms with Crippen LogP contribution in [-0.4, -0.2) is 34.8 Å². The summed E-state index contributed by atoms with van der Waals surface area (Å²) >= 11 is 0. The summed E-state index contributed by atoms with van der Waals surface area (Å²) in [4.78, 5) is 20.8. The lowest BCUT2D eigenvalue weighted by atomic mass is 9.88. The first-order chi connectivity index (χ1) is 19.5. The zero-order valence-corrected chi connectivity index (χ0v) is 24.5. The highest BCUT2D eigenvalue weighted by atomic mass is 19.1. The van der Waals surface area contributed by atoms with Crippen LogP contribution in [0.4, 0.5) is 8.78 Å². The second-order valence-electron chi connectivity index (χ2n) is 11.3. The van der Waals surface area contributed by atoms with E-state index in [1.165, 1.54) is 51.0 Å². The molecule has 0 unspecified atom stereocenters. The first kappa shape index (κ1) is 32.0. The fourth-order valence-corrected chi connectivity index (χ4v) is 5.22. The molecule has 1 aliphatic rings. The molecule has 2 aromatic rings. The van der Waals surface area contributed by atoms with Crippen LogP contribution in [0.25, 0.3) is 11.4 Å². The highest BCUT2D eigenvalue weighted by Gasteiger charge is 2.27. The molecule has 0 radical (unpaired) electrons. The van der Waals surface area contributed by atoms with E-state index in [2.05, 4.69) is 16.9 Å². The second-order valence-corrected chi connectivity index (χ2v) is 11.3. The molecule has 0 saturated heterocycles. The van der Waals surface area contributed by atoms with Gasteiger partial charge in [-0.3, -0.25) is 0 Å². The van der Waals surface area contributed by atoms with Crippen LogP contribution in [0.2, 0.25) is 0 Å². The van der Waals surface area contributed by atoms with Crippen LogP contribution in [0, 0.1) is 11.7 Å². The van der Waals surface area contributed by atoms with Crippen LogP contribution in [0.3, 0.4) is 0 Å². The van der Waals surface area contributed by atoms with Crippen LogP contribution in [-0.2, 0) is 16.0 Å². The first-order valence-electron chi connectivity index (χ1n) is 15.6. The minimum Gasteiger partial charge on any atom is -0.490 e. The summed E-state index contributed by atoms with van der Waals surface area (Å²) < 4.78 is 39.8. The SMILES string of the molecule is CCCCCCCCCCc1cnc(-c2ccc(OC[C@H]3CC[C@H](OC(=O)[C@@H](F)CCCC)CC3)c(F)c2)nc1. The van der Waals surface area contributed by atoms with Crippen LogP contribution in [0.1, 0.15) is 116 Å². The minimum atomic E-state index is -1.53. The van der Waals surface area contributed by atoms with Gasteiger partial charge in [0.25, 0.3) is 0 Å². The van der Waals surface area contributed by atoms with Gasteiger partial charge >= 0.3 is 5.97 Å². The largest absolute Gasteiger partial charge is 0.490 e. The first-order valence-corrected chi connectivity index (χ1v) is 15.6. The number of alkyl halides is 1. The third-order valence-electron chi connectivity index (χ3n) is 7.83. The van der Waals surface area contributed by atoms with E-state index in [0.29, 0.717) is 37.3 Å². The van der Waals surface area contributed by atoms with Crippen molar-refractivity contribution in [2.45, 2.75) is 129 Å². The molecule has 1 fully saturated rings. The maximum absolute atomic E-state index is 14.8. The summed E-state index contributed by atoms with van der Waals surface area (Å²) in [6.07, 6.45) is 17.9. The Bertz CT molecular complexity index is 994. The van der Waals surface area contributed by atoms with Gasteiger partial charge in [0, 0.05) is 18.0 Å². The highest BCUT2D eigenvalue weighted by Crippen LogP contribution is 2.29. The van der Waals surface area contributed by atoms with Crippen molar-refractivity contribution in [3.05, 3.63) is 42.0 Å². The number of halogens is 2. The monoisotopic (exact) mass is 558 g/mol. The second kappa shape index (κ2) is 18.0. The lowest BCUT2D eigenvalue weighted by Gasteiger charge is -2.28. The molecule has 0 amide bonds. The number of carbonyl (C=O) groups is 1. The molecular formula is C33H48F2N2O3. The van der Waals surface area contributed by atoms with Gasteiger partial charge in [-0.05, 0) is 74.6 Å². The van der Waals surface area contributed by atoms with E-state index in [-0.39, 0.29) is 24.2 Å². The fourth-order valence-electron chi connectivity index (χ4n) is 5.22. The third kappa shape index (κ3) is 11.1. The average molecular weight is 559 g/mol. The molecule has 1 atom stereocenters. The summed E-state index contributed by atoms with van der Waals surface area (Å²) in [6.45, 7) is 4.60. The number of rotatable bonds is 18. The zero-order chi connectivity index (χ0) is 28.6. The molecule has 1 aromatic heterocycles. The van der Waals surface area contributed by atoms with Crippen molar-refractivity contribution in [1.82, 2.24) is 9.97 Å². The standard InChI is InChI=1S/C33H48F2N2O3/c1-3-5-7-8-9-10-11-12-13-26-22-36-32(37-23-26)27-17-20-31(30(35)21-27)39-24-25-15-18-28(19-16-25)40-33(38)29(34)14-6-4-2/h17,20-23,25,28-29H,3-16,18-19,24H2,1-2H3/t25-,28-,29-/m0/s1. The Balaban J connectivity index is 1.37. The number of benzene rings is 1. The fraction of sp³-hybridized carbons (Fsp3) is 0.667. The van der Waals surface area contributed by atoms with Crippen LogP contribution in [0.15, 0.2) is 30.6 Å². The quantitative estimate of drug-likeness (QED) is 0.135. The number of hydrogen-bond acceptors (Lipinski definition) is 5. The third-order valence-corrected chi connectivity index (χ3v) is 7.83. The van der Waals surface area contributed by atoms with Gasteiger partial charge in [0.05, 0.1) is 6.61 Å². The molecule has 0 bridgehead atoms. The van der Waals surface area contributed by atoms with Gasteiger partial charge in [-0.25, -0.2) is 23.5 Å². The summed E-state index contributed by atoms with van der Waals surface area (Å²) in [5, 5.41) is 0. The minimum absolute atomic E-state index is 0.208. The number of ether oxygens (including phenoxy) is 2. The van der Waals surface area contributed by atoms with Gasteiger partial charge in [0.15, 0.2) is 23.6 Å².